The van der Waals surface area contributed by atoms with Gasteiger partial charge in [-0.2, -0.15) is 5.10 Å². The molecule has 0 saturated carbocycles. The van der Waals surface area contributed by atoms with Gasteiger partial charge in [0.05, 0.1) is 12.3 Å². The first kappa shape index (κ1) is 15.4. The topological polar surface area (TPSA) is 73.2 Å². The lowest BCUT2D eigenvalue weighted by atomic mass is 10.1. The molecule has 6 heteroatoms. The lowest BCUT2D eigenvalue weighted by Gasteiger charge is -2.12. The molecule has 3 rings (SSSR count). The molecular formula is C17H19N3O3. The third kappa shape index (κ3) is 3.48. The SMILES string of the molecule is Cc1cc(=O)c(C(=O)NC[C@H]2CCOC2)nn1-c1ccccc1. The monoisotopic (exact) mass is 313 g/mol. The molecule has 6 nitrogen and oxygen atoms in total. The van der Waals surface area contributed by atoms with Crippen LogP contribution in [0.3, 0.4) is 0 Å². The molecule has 0 radical (unpaired) electrons. The van der Waals surface area contributed by atoms with Crippen LogP contribution in [0.5, 0.6) is 0 Å². The molecule has 2 aromatic rings. The summed E-state index contributed by atoms with van der Waals surface area (Å²) in [5.74, 6) is -0.132. The molecule has 1 aromatic heterocycles. The van der Waals surface area contributed by atoms with Gasteiger partial charge in [-0.1, -0.05) is 18.2 Å². The molecule has 1 fully saturated rings. The van der Waals surface area contributed by atoms with Gasteiger partial charge in [-0.05, 0) is 25.5 Å². The Hall–Kier alpha value is -2.47. The van der Waals surface area contributed by atoms with E-state index in [4.69, 9.17) is 4.74 Å². The van der Waals surface area contributed by atoms with Crippen molar-refractivity contribution in [1.82, 2.24) is 15.1 Å². The van der Waals surface area contributed by atoms with Gasteiger partial charge in [0.15, 0.2) is 5.69 Å². The van der Waals surface area contributed by atoms with Crippen molar-refractivity contribution in [2.75, 3.05) is 19.8 Å². The molecule has 120 valence electrons. The first-order chi connectivity index (χ1) is 11.1. The lowest BCUT2D eigenvalue weighted by Crippen LogP contribution is -2.35. The van der Waals surface area contributed by atoms with E-state index in [2.05, 4.69) is 10.4 Å². The molecule has 0 bridgehead atoms. The number of nitrogens with zero attached hydrogens (tertiary/aromatic N) is 2. The third-order valence-electron chi connectivity index (χ3n) is 3.90. The van der Waals surface area contributed by atoms with E-state index in [0.717, 1.165) is 18.7 Å². The molecule has 1 atom stereocenters. The van der Waals surface area contributed by atoms with E-state index in [1.807, 2.05) is 30.3 Å². The van der Waals surface area contributed by atoms with Crippen molar-refractivity contribution < 1.29 is 9.53 Å². The second kappa shape index (κ2) is 6.75. The maximum atomic E-state index is 12.3. The minimum absolute atomic E-state index is 0.0848. The Balaban J connectivity index is 1.84. The van der Waals surface area contributed by atoms with E-state index < -0.39 is 5.91 Å². The number of carbonyl (C=O) groups is 1. The highest BCUT2D eigenvalue weighted by molar-refractivity contribution is 5.92. The van der Waals surface area contributed by atoms with E-state index >= 15 is 0 Å². The van der Waals surface area contributed by atoms with Crippen LogP contribution < -0.4 is 10.7 Å². The normalized spacial score (nSPS) is 17.2. The molecule has 0 unspecified atom stereocenters. The molecule has 1 aliphatic heterocycles. The van der Waals surface area contributed by atoms with E-state index in [9.17, 15) is 9.59 Å². The zero-order valence-electron chi connectivity index (χ0n) is 13.0. The summed E-state index contributed by atoms with van der Waals surface area (Å²) >= 11 is 0. The summed E-state index contributed by atoms with van der Waals surface area (Å²) in [4.78, 5) is 24.4. The quantitative estimate of drug-likeness (QED) is 0.923. The van der Waals surface area contributed by atoms with Gasteiger partial charge in [-0.3, -0.25) is 9.59 Å². The number of ether oxygens (including phenoxy) is 1. The third-order valence-corrected chi connectivity index (χ3v) is 3.90. The zero-order valence-corrected chi connectivity index (χ0v) is 13.0. The van der Waals surface area contributed by atoms with E-state index in [1.54, 1.807) is 11.6 Å². The van der Waals surface area contributed by atoms with Crippen molar-refractivity contribution in [2.45, 2.75) is 13.3 Å². The number of hydrogen-bond acceptors (Lipinski definition) is 4. The second-order valence-corrected chi connectivity index (χ2v) is 5.69. The standard InChI is InChI=1S/C17H19N3O3/c1-12-9-15(21)16(17(22)18-10-13-7-8-23-11-13)19-20(12)14-5-3-2-4-6-14/h2-6,9,13H,7-8,10-11H2,1H3,(H,18,22)/t13-/m1/s1. The fourth-order valence-electron chi connectivity index (χ4n) is 2.60. The summed E-state index contributed by atoms with van der Waals surface area (Å²) in [6.07, 6.45) is 0.926. The summed E-state index contributed by atoms with van der Waals surface area (Å²) in [5.41, 5.74) is 1.04. The fraction of sp³-hybridized carbons (Fsp3) is 0.353. The van der Waals surface area contributed by atoms with Crippen LogP contribution in [0.1, 0.15) is 22.6 Å². The average molecular weight is 313 g/mol. The maximum absolute atomic E-state index is 12.3. The number of nitrogens with one attached hydrogen (secondary N) is 1. The molecule has 1 aliphatic rings. The van der Waals surface area contributed by atoms with Crippen LogP contribution in [0, 0.1) is 12.8 Å². The van der Waals surface area contributed by atoms with Crippen LogP contribution in [-0.2, 0) is 4.74 Å². The van der Waals surface area contributed by atoms with Gasteiger partial charge in [0, 0.05) is 30.8 Å². The molecule has 1 amide bonds. The number of hydrogen-bond donors (Lipinski definition) is 1. The van der Waals surface area contributed by atoms with Gasteiger partial charge in [-0.15, -0.1) is 0 Å². The van der Waals surface area contributed by atoms with E-state index in [-0.39, 0.29) is 11.1 Å². The Morgan fingerprint density at radius 1 is 1.39 bits per heavy atom. The summed E-state index contributed by atoms with van der Waals surface area (Å²) in [5, 5.41) is 7.03. The second-order valence-electron chi connectivity index (χ2n) is 5.69. The van der Waals surface area contributed by atoms with Crippen molar-refractivity contribution in [3.05, 3.63) is 58.0 Å². The molecule has 0 aliphatic carbocycles. The fourth-order valence-corrected chi connectivity index (χ4v) is 2.60. The summed E-state index contributed by atoms with van der Waals surface area (Å²) in [6, 6.07) is 10.9. The van der Waals surface area contributed by atoms with Crippen LogP contribution >= 0.6 is 0 Å². The maximum Gasteiger partial charge on any atom is 0.275 e. The molecule has 1 N–H and O–H groups in total. The first-order valence-electron chi connectivity index (χ1n) is 7.67. The minimum atomic E-state index is -0.438. The molecule has 0 spiro atoms. The number of aromatic nitrogens is 2. The number of para-hydroxylation sites is 1. The highest BCUT2D eigenvalue weighted by Crippen LogP contribution is 2.11. The summed E-state index contributed by atoms with van der Waals surface area (Å²) in [6.45, 7) is 3.66. The highest BCUT2D eigenvalue weighted by Gasteiger charge is 2.19. The van der Waals surface area contributed by atoms with Crippen molar-refractivity contribution in [3.63, 3.8) is 0 Å². The lowest BCUT2D eigenvalue weighted by molar-refractivity contribution is 0.0937. The Morgan fingerprint density at radius 3 is 2.87 bits per heavy atom. The number of carbonyl (C=O) groups excluding carboxylic acids is 1. The number of rotatable bonds is 4. The van der Waals surface area contributed by atoms with Crippen LogP contribution in [-0.4, -0.2) is 35.4 Å². The van der Waals surface area contributed by atoms with Crippen LogP contribution in [0.25, 0.3) is 5.69 Å². The molecule has 1 aromatic carbocycles. The molecule has 2 heterocycles. The Bertz CT molecular complexity index is 749. The van der Waals surface area contributed by atoms with Crippen LogP contribution in [0.2, 0.25) is 0 Å². The van der Waals surface area contributed by atoms with Crippen LogP contribution in [0.15, 0.2) is 41.2 Å². The highest BCUT2D eigenvalue weighted by atomic mass is 16.5. The van der Waals surface area contributed by atoms with Gasteiger partial charge in [0.1, 0.15) is 0 Å². The van der Waals surface area contributed by atoms with Crippen molar-refractivity contribution in [1.29, 1.82) is 0 Å². The predicted molar refractivity (Wildman–Crippen MR) is 85.8 cm³/mol. The van der Waals surface area contributed by atoms with Gasteiger partial charge in [0.25, 0.3) is 5.91 Å². The molecular weight excluding hydrogens is 294 g/mol. The van der Waals surface area contributed by atoms with Gasteiger partial charge in [0.2, 0.25) is 5.43 Å². The minimum Gasteiger partial charge on any atom is -0.381 e. The van der Waals surface area contributed by atoms with Crippen LogP contribution in [0.4, 0.5) is 0 Å². The number of benzene rings is 1. The largest absolute Gasteiger partial charge is 0.381 e. The molecule has 23 heavy (non-hydrogen) atoms. The predicted octanol–water partition coefficient (Wildman–Crippen LogP) is 1.31. The Kier molecular flexibility index (Phi) is 4.52. The first-order valence-corrected chi connectivity index (χ1v) is 7.67. The number of aryl methyl sites for hydroxylation is 1. The smallest absolute Gasteiger partial charge is 0.275 e. The Labute approximate surface area is 134 Å². The summed E-state index contributed by atoms with van der Waals surface area (Å²) in [7, 11) is 0. The van der Waals surface area contributed by atoms with Crippen molar-refractivity contribution >= 4 is 5.91 Å². The van der Waals surface area contributed by atoms with E-state index in [1.165, 1.54) is 6.07 Å². The van der Waals surface area contributed by atoms with Gasteiger partial charge < -0.3 is 10.1 Å². The van der Waals surface area contributed by atoms with E-state index in [0.29, 0.717) is 24.8 Å². The van der Waals surface area contributed by atoms with Gasteiger partial charge in [-0.25, -0.2) is 4.68 Å². The average Bonchev–Trinajstić information content (AvgIpc) is 3.07. The summed E-state index contributed by atoms with van der Waals surface area (Å²) < 4.78 is 6.88. The zero-order chi connectivity index (χ0) is 16.2. The Morgan fingerprint density at radius 2 is 2.17 bits per heavy atom. The number of amides is 1. The van der Waals surface area contributed by atoms with Crippen molar-refractivity contribution in [3.8, 4) is 5.69 Å². The van der Waals surface area contributed by atoms with Crippen molar-refractivity contribution in [2.24, 2.45) is 5.92 Å². The van der Waals surface area contributed by atoms with Gasteiger partial charge >= 0.3 is 0 Å². The molecule has 1 saturated heterocycles.